The Labute approximate surface area is 156 Å². The SMILES string of the molecule is O=CN1CCN(C(=O)NC2CC(=O)N(c3ccc4c(c3)OCCO4)C2)CC1. The zero-order chi connectivity index (χ0) is 18.8. The van der Waals surface area contributed by atoms with Gasteiger partial charge in [0.05, 0.1) is 6.04 Å². The largest absolute Gasteiger partial charge is 0.486 e. The number of hydrogen-bond donors (Lipinski definition) is 1. The second-order valence-electron chi connectivity index (χ2n) is 6.81. The van der Waals surface area contributed by atoms with Crippen LogP contribution in [0.1, 0.15) is 6.42 Å². The van der Waals surface area contributed by atoms with Gasteiger partial charge in [-0.25, -0.2) is 4.79 Å². The normalized spacial score (nSPS) is 22.0. The minimum Gasteiger partial charge on any atom is -0.486 e. The van der Waals surface area contributed by atoms with Crippen molar-refractivity contribution in [3.8, 4) is 11.5 Å². The summed E-state index contributed by atoms with van der Waals surface area (Å²) in [6.45, 7) is 3.48. The summed E-state index contributed by atoms with van der Waals surface area (Å²) in [5.74, 6) is 1.27. The molecule has 1 aromatic rings. The fraction of sp³-hybridized carbons (Fsp3) is 0.500. The molecule has 0 saturated carbocycles. The summed E-state index contributed by atoms with van der Waals surface area (Å²) in [5.41, 5.74) is 0.737. The highest BCUT2D eigenvalue weighted by atomic mass is 16.6. The molecular formula is C18H22N4O5. The summed E-state index contributed by atoms with van der Waals surface area (Å²) in [7, 11) is 0. The number of nitrogens with one attached hydrogen (secondary N) is 1. The van der Waals surface area contributed by atoms with Crippen LogP contribution in [0.25, 0.3) is 0 Å². The van der Waals surface area contributed by atoms with E-state index in [9.17, 15) is 14.4 Å². The highest BCUT2D eigenvalue weighted by molar-refractivity contribution is 5.97. The molecule has 3 aliphatic heterocycles. The number of hydrogen-bond acceptors (Lipinski definition) is 5. The molecule has 4 amide bonds. The molecule has 1 N–H and O–H groups in total. The van der Waals surface area contributed by atoms with E-state index in [1.807, 2.05) is 6.07 Å². The predicted molar refractivity (Wildman–Crippen MR) is 95.9 cm³/mol. The first-order valence-electron chi connectivity index (χ1n) is 9.09. The molecule has 0 aliphatic carbocycles. The topological polar surface area (TPSA) is 91.4 Å². The number of amides is 4. The van der Waals surface area contributed by atoms with E-state index in [1.54, 1.807) is 26.8 Å². The van der Waals surface area contributed by atoms with Crippen molar-refractivity contribution < 1.29 is 23.9 Å². The number of carbonyl (C=O) groups is 3. The number of ether oxygens (including phenoxy) is 2. The summed E-state index contributed by atoms with van der Waals surface area (Å²) < 4.78 is 11.1. The summed E-state index contributed by atoms with van der Waals surface area (Å²) in [4.78, 5) is 40.6. The fourth-order valence-corrected chi connectivity index (χ4v) is 3.55. The zero-order valence-corrected chi connectivity index (χ0v) is 14.9. The van der Waals surface area contributed by atoms with Crippen LogP contribution in [-0.2, 0) is 9.59 Å². The van der Waals surface area contributed by atoms with Crippen LogP contribution in [0.15, 0.2) is 18.2 Å². The van der Waals surface area contributed by atoms with E-state index in [0.717, 1.165) is 12.1 Å². The molecule has 3 heterocycles. The first-order valence-corrected chi connectivity index (χ1v) is 9.09. The smallest absolute Gasteiger partial charge is 0.317 e. The molecule has 9 nitrogen and oxygen atoms in total. The Kier molecular flexibility index (Phi) is 4.74. The minimum absolute atomic E-state index is 0.0391. The van der Waals surface area contributed by atoms with E-state index in [0.29, 0.717) is 57.4 Å². The lowest BCUT2D eigenvalue weighted by molar-refractivity contribution is -0.119. The van der Waals surface area contributed by atoms with Gasteiger partial charge < -0.3 is 29.5 Å². The van der Waals surface area contributed by atoms with Gasteiger partial charge in [0.15, 0.2) is 11.5 Å². The van der Waals surface area contributed by atoms with Gasteiger partial charge in [-0.15, -0.1) is 0 Å². The Morgan fingerprint density at radius 1 is 1.11 bits per heavy atom. The maximum absolute atomic E-state index is 12.4. The highest BCUT2D eigenvalue weighted by Gasteiger charge is 2.33. The van der Waals surface area contributed by atoms with E-state index in [-0.39, 0.29) is 24.4 Å². The minimum atomic E-state index is -0.248. The Balaban J connectivity index is 1.36. The molecule has 0 bridgehead atoms. The third kappa shape index (κ3) is 3.62. The molecule has 0 aromatic heterocycles. The van der Waals surface area contributed by atoms with E-state index >= 15 is 0 Å². The van der Waals surface area contributed by atoms with Crippen LogP contribution in [0.2, 0.25) is 0 Å². The number of rotatable bonds is 3. The standard InChI is InChI=1S/C18H22N4O5/c23-12-20-3-5-21(6-4-20)18(25)19-13-9-17(24)22(11-13)14-1-2-15-16(10-14)27-8-7-26-15/h1-2,10,12-13H,3-9,11H2,(H,19,25). The lowest BCUT2D eigenvalue weighted by Gasteiger charge is -2.33. The van der Waals surface area contributed by atoms with Crippen molar-refractivity contribution in [2.24, 2.45) is 0 Å². The fourth-order valence-electron chi connectivity index (χ4n) is 3.55. The average Bonchev–Trinajstić information content (AvgIpc) is 3.07. The van der Waals surface area contributed by atoms with Crippen molar-refractivity contribution in [1.82, 2.24) is 15.1 Å². The van der Waals surface area contributed by atoms with Gasteiger partial charge in [-0.05, 0) is 12.1 Å². The molecule has 1 unspecified atom stereocenters. The van der Waals surface area contributed by atoms with Crippen LogP contribution in [0.4, 0.5) is 10.5 Å². The lowest BCUT2D eigenvalue weighted by atomic mass is 10.2. The molecule has 27 heavy (non-hydrogen) atoms. The molecule has 2 fully saturated rings. The van der Waals surface area contributed by atoms with Gasteiger partial charge in [-0.1, -0.05) is 0 Å². The molecule has 144 valence electrons. The van der Waals surface area contributed by atoms with Crippen LogP contribution >= 0.6 is 0 Å². The Hall–Kier alpha value is -2.97. The summed E-state index contributed by atoms with van der Waals surface area (Å²) >= 11 is 0. The van der Waals surface area contributed by atoms with Crippen molar-refractivity contribution in [2.45, 2.75) is 12.5 Å². The van der Waals surface area contributed by atoms with Crippen LogP contribution in [0.3, 0.4) is 0 Å². The van der Waals surface area contributed by atoms with Crippen molar-refractivity contribution in [3.05, 3.63) is 18.2 Å². The highest BCUT2D eigenvalue weighted by Crippen LogP contribution is 2.35. The van der Waals surface area contributed by atoms with Gasteiger partial charge >= 0.3 is 6.03 Å². The molecule has 0 radical (unpaired) electrons. The van der Waals surface area contributed by atoms with Crippen LogP contribution in [0, 0.1) is 0 Å². The zero-order valence-electron chi connectivity index (χ0n) is 14.9. The van der Waals surface area contributed by atoms with Gasteiger partial charge in [0.25, 0.3) is 0 Å². The molecule has 1 atom stereocenters. The molecule has 0 spiro atoms. The molecule has 4 rings (SSSR count). The number of carbonyl (C=O) groups excluding carboxylic acids is 3. The third-order valence-electron chi connectivity index (χ3n) is 5.04. The monoisotopic (exact) mass is 374 g/mol. The molecule has 9 heteroatoms. The quantitative estimate of drug-likeness (QED) is 0.755. The maximum Gasteiger partial charge on any atom is 0.317 e. The van der Waals surface area contributed by atoms with Crippen LogP contribution < -0.4 is 19.7 Å². The van der Waals surface area contributed by atoms with Gasteiger partial charge in [-0.2, -0.15) is 0 Å². The molecule has 3 aliphatic rings. The number of anilines is 1. The maximum atomic E-state index is 12.4. The van der Waals surface area contributed by atoms with E-state index < -0.39 is 0 Å². The predicted octanol–water partition coefficient (Wildman–Crippen LogP) is 0.0467. The number of benzene rings is 1. The molecular weight excluding hydrogens is 352 g/mol. The van der Waals surface area contributed by atoms with Gasteiger partial charge in [0.1, 0.15) is 13.2 Å². The summed E-state index contributed by atoms with van der Waals surface area (Å²) in [6, 6.07) is 4.99. The number of piperazine rings is 1. The Morgan fingerprint density at radius 2 is 1.85 bits per heavy atom. The molecule has 1 aromatic carbocycles. The van der Waals surface area contributed by atoms with E-state index in [1.165, 1.54) is 0 Å². The number of urea groups is 1. The lowest BCUT2D eigenvalue weighted by Crippen LogP contribution is -2.53. The van der Waals surface area contributed by atoms with Gasteiger partial charge in [-0.3, -0.25) is 9.59 Å². The summed E-state index contributed by atoms with van der Waals surface area (Å²) in [6.07, 6.45) is 1.06. The van der Waals surface area contributed by atoms with Crippen molar-refractivity contribution in [3.63, 3.8) is 0 Å². The third-order valence-corrected chi connectivity index (χ3v) is 5.04. The number of fused-ring (bicyclic) bond motifs is 1. The summed E-state index contributed by atoms with van der Waals surface area (Å²) in [5, 5.41) is 2.94. The van der Waals surface area contributed by atoms with Gasteiger partial charge in [0, 0.05) is 50.9 Å². The van der Waals surface area contributed by atoms with Crippen LogP contribution in [-0.4, -0.2) is 80.1 Å². The first kappa shape index (κ1) is 17.4. The van der Waals surface area contributed by atoms with Crippen molar-refractivity contribution in [1.29, 1.82) is 0 Å². The van der Waals surface area contributed by atoms with Crippen molar-refractivity contribution >= 4 is 24.0 Å². The van der Waals surface area contributed by atoms with E-state index in [4.69, 9.17) is 9.47 Å². The first-order chi connectivity index (χ1) is 13.1. The van der Waals surface area contributed by atoms with E-state index in [2.05, 4.69) is 5.32 Å². The molecule has 2 saturated heterocycles. The Morgan fingerprint density at radius 3 is 2.59 bits per heavy atom. The Bertz CT molecular complexity index is 747. The van der Waals surface area contributed by atoms with Gasteiger partial charge in [0.2, 0.25) is 12.3 Å². The number of nitrogens with zero attached hydrogens (tertiary/aromatic N) is 3. The van der Waals surface area contributed by atoms with Crippen LogP contribution in [0.5, 0.6) is 11.5 Å². The van der Waals surface area contributed by atoms with Crippen molar-refractivity contribution in [2.75, 3.05) is 50.8 Å². The average molecular weight is 374 g/mol. The second-order valence-corrected chi connectivity index (χ2v) is 6.81. The second kappa shape index (κ2) is 7.34.